The number of carbonyl (C=O) groups is 2. The molecule has 10 heteroatoms. The minimum Gasteiger partial charge on any atom is -0.444 e. The van der Waals surface area contributed by atoms with Crippen molar-refractivity contribution in [1.82, 2.24) is 25.2 Å². The van der Waals surface area contributed by atoms with Gasteiger partial charge in [-0.2, -0.15) is 0 Å². The van der Waals surface area contributed by atoms with Crippen molar-refractivity contribution in [2.45, 2.75) is 45.3 Å². The number of hydrogen-bond acceptors (Lipinski definition) is 6. The summed E-state index contributed by atoms with van der Waals surface area (Å²) in [5.41, 5.74) is 1.02. The quantitative estimate of drug-likeness (QED) is 0.542. The first-order valence-corrected chi connectivity index (χ1v) is 11.7. The molecule has 1 aliphatic rings. The SMILES string of the molecule is CC(C)(C)OC(=O)N1CCCC(NC(=O)c2ccnc3nc(-c4cc(Br)cs4)[nH]c23)C1. The van der Waals surface area contributed by atoms with Crippen LogP contribution in [0.15, 0.2) is 28.2 Å². The molecule has 1 aliphatic heterocycles. The molecule has 0 bridgehead atoms. The van der Waals surface area contributed by atoms with Gasteiger partial charge in [-0.3, -0.25) is 4.79 Å². The molecule has 31 heavy (non-hydrogen) atoms. The van der Waals surface area contributed by atoms with Gasteiger partial charge in [-0.25, -0.2) is 14.8 Å². The van der Waals surface area contributed by atoms with Crippen molar-refractivity contribution >= 4 is 50.4 Å². The third kappa shape index (κ3) is 5.07. The summed E-state index contributed by atoms with van der Waals surface area (Å²) in [4.78, 5) is 40.1. The summed E-state index contributed by atoms with van der Waals surface area (Å²) >= 11 is 5.00. The Kier molecular flexibility index (Phi) is 6.02. The molecular weight excluding hydrogens is 482 g/mol. The monoisotopic (exact) mass is 505 g/mol. The Labute approximate surface area is 192 Å². The van der Waals surface area contributed by atoms with Gasteiger partial charge < -0.3 is 19.9 Å². The van der Waals surface area contributed by atoms with Crippen molar-refractivity contribution in [2.75, 3.05) is 13.1 Å². The van der Waals surface area contributed by atoms with Crippen LogP contribution in [0.5, 0.6) is 0 Å². The van der Waals surface area contributed by atoms with Gasteiger partial charge in [0.25, 0.3) is 5.91 Å². The van der Waals surface area contributed by atoms with Gasteiger partial charge in [0.2, 0.25) is 0 Å². The standard InChI is InChI=1S/C21H24BrN5O3S/c1-21(2,3)30-20(29)27-8-4-5-13(10-27)24-19(28)14-6-7-23-18-16(14)25-17(26-18)15-9-12(22)11-31-15/h6-7,9,11,13H,4-5,8,10H2,1-3H3,(H,24,28)(H,23,25,26). The van der Waals surface area contributed by atoms with Gasteiger partial charge in [-0.05, 0) is 61.7 Å². The topological polar surface area (TPSA) is 100 Å². The maximum absolute atomic E-state index is 13.1. The number of amides is 2. The Morgan fingerprint density at radius 2 is 2.19 bits per heavy atom. The van der Waals surface area contributed by atoms with Crippen molar-refractivity contribution in [3.63, 3.8) is 0 Å². The molecule has 0 radical (unpaired) electrons. The summed E-state index contributed by atoms with van der Waals surface area (Å²) in [6, 6.07) is 3.50. The second-order valence-corrected chi connectivity index (χ2v) is 10.3. The zero-order valence-corrected chi connectivity index (χ0v) is 20.0. The number of likely N-dealkylation sites (tertiary alicyclic amines) is 1. The van der Waals surface area contributed by atoms with Crippen LogP contribution >= 0.6 is 27.3 Å². The molecular formula is C21H24BrN5O3S. The molecule has 0 spiro atoms. The number of fused-ring (bicyclic) bond motifs is 1. The van der Waals surface area contributed by atoms with Crippen LogP contribution in [0.1, 0.15) is 44.0 Å². The fraction of sp³-hybridized carbons (Fsp3) is 0.429. The minimum atomic E-state index is -0.549. The van der Waals surface area contributed by atoms with Crippen LogP contribution in [0.2, 0.25) is 0 Å². The smallest absolute Gasteiger partial charge is 0.410 e. The van der Waals surface area contributed by atoms with E-state index in [1.807, 2.05) is 32.2 Å². The third-order valence-corrected chi connectivity index (χ3v) is 6.54. The lowest BCUT2D eigenvalue weighted by atomic mass is 10.1. The summed E-state index contributed by atoms with van der Waals surface area (Å²) in [6.07, 6.45) is 2.84. The van der Waals surface area contributed by atoms with E-state index in [-0.39, 0.29) is 18.0 Å². The molecule has 0 aromatic carbocycles. The van der Waals surface area contributed by atoms with E-state index in [1.165, 1.54) is 0 Å². The Morgan fingerprint density at radius 3 is 2.90 bits per heavy atom. The molecule has 3 aromatic rings. The number of H-pyrrole nitrogens is 1. The van der Waals surface area contributed by atoms with E-state index in [1.54, 1.807) is 28.5 Å². The number of aromatic amines is 1. The van der Waals surface area contributed by atoms with Gasteiger partial charge in [0, 0.05) is 35.2 Å². The maximum Gasteiger partial charge on any atom is 0.410 e. The zero-order chi connectivity index (χ0) is 22.2. The highest BCUT2D eigenvalue weighted by Crippen LogP contribution is 2.29. The lowest BCUT2D eigenvalue weighted by molar-refractivity contribution is 0.0185. The van der Waals surface area contributed by atoms with Gasteiger partial charge in [-0.1, -0.05) is 0 Å². The third-order valence-electron chi connectivity index (χ3n) is 4.85. The maximum atomic E-state index is 13.1. The number of imidazole rings is 1. The molecule has 2 N–H and O–H groups in total. The lowest BCUT2D eigenvalue weighted by Gasteiger charge is -2.34. The number of nitrogens with one attached hydrogen (secondary N) is 2. The number of ether oxygens (including phenoxy) is 1. The fourth-order valence-corrected chi connectivity index (χ4v) is 4.88. The highest BCUT2D eigenvalue weighted by molar-refractivity contribution is 9.10. The van der Waals surface area contributed by atoms with E-state index in [2.05, 4.69) is 36.2 Å². The molecule has 3 aromatic heterocycles. The van der Waals surface area contributed by atoms with Crippen LogP contribution in [-0.4, -0.2) is 56.6 Å². The first-order chi connectivity index (χ1) is 14.7. The summed E-state index contributed by atoms with van der Waals surface area (Å²) in [7, 11) is 0. The number of nitrogens with zero attached hydrogens (tertiary/aromatic N) is 3. The van der Waals surface area contributed by atoms with E-state index in [9.17, 15) is 9.59 Å². The van der Waals surface area contributed by atoms with E-state index in [0.717, 1.165) is 22.2 Å². The number of aromatic nitrogens is 3. The van der Waals surface area contributed by atoms with E-state index < -0.39 is 5.60 Å². The van der Waals surface area contributed by atoms with Crippen LogP contribution in [-0.2, 0) is 4.74 Å². The molecule has 164 valence electrons. The number of rotatable bonds is 3. The van der Waals surface area contributed by atoms with E-state index in [0.29, 0.717) is 35.6 Å². The highest BCUT2D eigenvalue weighted by atomic mass is 79.9. The summed E-state index contributed by atoms with van der Waals surface area (Å²) in [6.45, 7) is 6.58. The van der Waals surface area contributed by atoms with Crippen LogP contribution in [0.3, 0.4) is 0 Å². The second-order valence-electron chi connectivity index (χ2n) is 8.51. The Hall–Kier alpha value is -2.46. The highest BCUT2D eigenvalue weighted by Gasteiger charge is 2.29. The summed E-state index contributed by atoms with van der Waals surface area (Å²) in [5, 5.41) is 5.03. The molecule has 0 aliphatic carbocycles. The first kappa shape index (κ1) is 21.8. The normalized spacial score (nSPS) is 17.0. The average molecular weight is 506 g/mol. The molecule has 4 rings (SSSR count). The number of halogens is 1. The lowest BCUT2D eigenvalue weighted by Crippen LogP contribution is -2.50. The largest absolute Gasteiger partial charge is 0.444 e. The summed E-state index contributed by atoms with van der Waals surface area (Å²) < 4.78 is 6.45. The molecule has 1 fully saturated rings. The van der Waals surface area contributed by atoms with Crippen LogP contribution in [0.4, 0.5) is 4.79 Å². The Bertz CT molecular complexity index is 1120. The molecule has 8 nitrogen and oxygen atoms in total. The van der Waals surface area contributed by atoms with Crippen molar-refractivity contribution in [1.29, 1.82) is 0 Å². The van der Waals surface area contributed by atoms with Crippen LogP contribution < -0.4 is 5.32 Å². The molecule has 1 saturated heterocycles. The number of carbonyl (C=O) groups excluding carboxylic acids is 2. The average Bonchev–Trinajstić information content (AvgIpc) is 3.32. The molecule has 1 unspecified atom stereocenters. The van der Waals surface area contributed by atoms with Crippen molar-refractivity contribution in [3.8, 4) is 10.7 Å². The Balaban J connectivity index is 1.49. The van der Waals surface area contributed by atoms with Gasteiger partial charge in [0.1, 0.15) is 5.60 Å². The van der Waals surface area contributed by atoms with E-state index >= 15 is 0 Å². The van der Waals surface area contributed by atoms with Gasteiger partial charge in [0.15, 0.2) is 11.5 Å². The minimum absolute atomic E-state index is 0.146. The molecule has 0 saturated carbocycles. The predicted molar refractivity (Wildman–Crippen MR) is 123 cm³/mol. The Morgan fingerprint density at radius 1 is 1.39 bits per heavy atom. The van der Waals surface area contributed by atoms with E-state index in [4.69, 9.17) is 4.74 Å². The van der Waals surface area contributed by atoms with Gasteiger partial charge in [-0.15, -0.1) is 11.3 Å². The van der Waals surface area contributed by atoms with Crippen molar-refractivity contribution in [3.05, 3.63) is 33.7 Å². The number of hydrogen-bond donors (Lipinski definition) is 2. The fourth-order valence-electron chi connectivity index (χ4n) is 3.50. The van der Waals surface area contributed by atoms with Crippen LogP contribution in [0, 0.1) is 0 Å². The van der Waals surface area contributed by atoms with Crippen molar-refractivity contribution < 1.29 is 14.3 Å². The zero-order valence-electron chi connectivity index (χ0n) is 17.6. The number of piperidine rings is 1. The summed E-state index contributed by atoms with van der Waals surface area (Å²) in [5.74, 6) is 0.457. The molecule has 4 heterocycles. The number of pyridine rings is 1. The van der Waals surface area contributed by atoms with Crippen LogP contribution in [0.25, 0.3) is 21.9 Å². The van der Waals surface area contributed by atoms with Gasteiger partial charge in [0.05, 0.1) is 16.0 Å². The number of thiophene rings is 1. The molecule has 1 atom stereocenters. The first-order valence-electron chi connectivity index (χ1n) is 10.1. The molecule has 2 amide bonds. The van der Waals surface area contributed by atoms with Gasteiger partial charge >= 0.3 is 6.09 Å². The second kappa shape index (κ2) is 8.58. The predicted octanol–water partition coefficient (Wildman–Crippen LogP) is 4.58. The van der Waals surface area contributed by atoms with Crippen molar-refractivity contribution in [2.24, 2.45) is 0 Å².